The van der Waals surface area contributed by atoms with Gasteiger partial charge in [0.05, 0.1) is 16.5 Å². The average Bonchev–Trinajstić information content (AvgIpc) is 3.10. The van der Waals surface area contributed by atoms with Gasteiger partial charge in [-0.15, -0.1) is 0 Å². The lowest BCUT2D eigenvalue weighted by atomic mass is 9.62. The fourth-order valence-corrected chi connectivity index (χ4v) is 5.14. The second kappa shape index (κ2) is 8.17. The molecule has 1 aliphatic carbocycles. The van der Waals surface area contributed by atoms with Gasteiger partial charge in [0.2, 0.25) is 0 Å². The fraction of sp³-hybridized carbons (Fsp3) is 0.222. The maximum atomic E-state index is 14.1. The lowest BCUT2D eigenvalue weighted by molar-refractivity contribution is 0.0424. The van der Waals surface area contributed by atoms with Crippen molar-refractivity contribution in [3.8, 4) is 0 Å². The quantitative estimate of drug-likeness (QED) is 0.482. The highest BCUT2D eigenvalue weighted by atomic mass is 16.2. The highest BCUT2D eigenvalue weighted by molar-refractivity contribution is 6.21. The Balaban J connectivity index is 1.58. The molecule has 1 saturated carbocycles. The SMILES string of the molecule is O=C1c2ccccc2C(=O)N1N[C@H]1CCCC[C@]1(C(=O)c1ccccc1)c1ccccc1. The summed E-state index contributed by atoms with van der Waals surface area (Å²) in [7, 11) is 0. The number of amides is 2. The molecule has 5 heteroatoms. The number of benzene rings is 3. The molecule has 1 heterocycles. The molecule has 32 heavy (non-hydrogen) atoms. The van der Waals surface area contributed by atoms with Gasteiger partial charge in [0.15, 0.2) is 5.78 Å². The molecule has 2 amide bonds. The third-order valence-electron chi connectivity index (χ3n) is 6.72. The second-order valence-electron chi connectivity index (χ2n) is 8.45. The summed E-state index contributed by atoms with van der Waals surface area (Å²) in [6, 6.07) is 25.5. The van der Waals surface area contributed by atoms with Crippen LogP contribution in [0.4, 0.5) is 0 Å². The van der Waals surface area contributed by atoms with E-state index in [2.05, 4.69) is 5.43 Å². The Labute approximate surface area is 187 Å². The van der Waals surface area contributed by atoms with Gasteiger partial charge in [-0.05, 0) is 30.5 Å². The number of carbonyl (C=O) groups is 3. The van der Waals surface area contributed by atoms with Gasteiger partial charge < -0.3 is 0 Å². The van der Waals surface area contributed by atoms with Crippen LogP contribution >= 0.6 is 0 Å². The van der Waals surface area contributed by atoms with Crippen LogP contribution in [0.25, 0.3) is 0 Å². The lowest BCUT2D eigenvalue weighted by Crippen LogP contribution is -2.60. The highest BCUT2D eigenvalue weighted by Crippen LogP contribution is 2.43. The molecule has 3 aromatic rings. The Kier molecular flexibility index (Phi) is 5.19. The maximum Gasteiger partial charge on any atom is 0.276 e. The van der Waals surface area contributed by atoms with E-state index < -0.39 is 11.5 Å². The summed E-state index contributed by atoms with van der Waals surface area (Å²) in [6.07, 6.45) is 3.14. The van der Waals surface area contributed by atoms with E-state index in [9.17, 15) is 14.4 Å². The Morgan fingerprint density at radius 3 is 1.97 bits per heavy atom. The van der Waals surface area contributed by atoms with E-state index in [0.717, 1.165) is 23.4 Å². The van der Waals surface area contributed by atoms with Crippen molar-refractivity contribution in [3.05, 3.63) is 107 Å². The Bertz CT molecular complexity index is 1140. The zero-order chi connectivity index (χ0) is 22.1. The number of hydrogen-bond donors (Lipinski definition) is 1. The van der Waals surface area contributed by atoms with Crippen LogP contribution in [0.15, 0.2) is 84.9 Å². The number of carbonyl (C=O) groups excluding carboxylic acids is 3. The summed E-state index contributed by atoms with van der Waals surface area (Å²) in [5.41, 5.74) is 4.65. The predicted octanol–water partition coefficient (Wildman–Crippen LogP) is 4.55. The number of nitrogens with zero attached hydrogens (tertiary/aromatic N) is 1. The summed E-state index contributed by atoms with van der Waals surface area (Å²) in [5.74, 6) is -0.728. The first-order valence-electron chi connectivity index (χ1n) is 11.0. The van der Waals surface area contributed by atoms with Crippen molar-refractivity contribution in [3.63, 3.8) is 0 Å². The van der Waals surface area contributed by atoms with Gasteiger partial charge in [-0.1, -0.05) is 85.6 Å². The number of ketones is 1. The molecular weight excluding hydrogens is 400 g/mol. The van der Waals surface area contributed by atoms with Crippen molar-refractivity contribution in [2.24, 2.45) is 0 Å². The van der Waals surface area contributed by atoms with Gasteiger partial charge in [0.1, 0.15) is 0 Å². The first-order valence-corrected chi connectivity index (χ1v) is 11.0. The second-order valence-corrected chi connectivity index (χ2v) is 8.45. The molecule has 0 saturated heterocycles. The molecule has 1 fully saturated rings. The van der Waals surface area contributed by atoms with E-state index in [-0.39, 0.29) is 17.6 Å². The van der Waals surface area contributed by atoms with Crippen molar-refractivity contribution >= 4 is 17.6 Å². The summed E-state index contributed by atoms with van der Waals surface area (Å²) in [5, 5.41) is 1.11. The molecule has 1 aliphatic heterocycles. The van der Waals surface area contributed by atoms with E-state index in [1.165, 1.54) is 0 Å². The maximum absolute atomic E-state index is 14.1. The largest absolute Gasteiger partial charge is 0.293 e. The Morgan fingerprint density at radius 1 is 0.781 bits per heavy atom. The van der Waals surface area contributed by atoms with Crippen LogP contribution in [0.2, 0.25) is 0 Å². The Hall–Kier alpha value is -3.57. The zero-order valence-corrected chi connectivity index (χ0v) is 17.7. The van der Waals surface area contributed by atoms with Gasteiger partial charge in [0.25, 0.3) is 11.8 Å². The van der Waals surface area contributed by atoms with Crippen molar-refractivity contribution in [1.29, 1.82) is 0 Å². The average molecular weight is 425 g/mol. The standard InChI is InChI=1S/C27H24N2O3/c30-24(19-11-3-1-4-12-19)27(20-13-5-2-6-14-20)18-10-9-17-23(27)28-29-25(31)21-15-7-8-16-22(21)26(29)32/h1-8,11-16,23,28H,9-10,17-18H2/t23-,27-/m0/s1. The van der Waals surface area contributed by atoms with Gasteiger partial charge in [-0.3, -0.25) is 14.4 Å². The van der Waals surface area contributed by atoms with E-state index in [0.29, 0.717) is 29.5 Å². The van der Waals surface area contributed by atoms with Crippen molar-refractivity contribution in [1.82, 2.24) is 10.4 Å². The molecule has 2 aliphatic rings. The van der Waals surface area contributed by atoms with Gasteiger partial charge in [-0.2, -0.15) is 0 Å². The molecule has 0 aromatic heterocycles. The van der Waals surface area contributed by atoms with E-state index in [1.54, 1.807) is 24.3 Å². The lowest BCUT2D eigenvalue weighted by Gasteiger charge is -2.45. The number of hydrogen-bond acceptors (Lipinski definition) is 4. The van der Waals surface area contributed by atoms with Crippen LogP contribution in [0, 0.1) is 0 Å². The highest BCUT2D eigenvalue weighted by Gasteiger charge is 2.50. The molecule has 1 N–H and O–H groups in total. The summed E-state index contributed by atoms with van der Waals surface area (Å²) in [6.45, 7) is 0. The fourth-order valence-electron chi connectivity index (χ4n) is 5.14. The van der Waals surface area contributed by atoms with E-state index in [1.807, 2.05) is 60.7 Å². The molecule has 3 aromatic carbocycles. The van der Waals surface area contributed by atoms with Crippen LogP contribution in [-0.4, -0.2) is 28.6 Å². The number of hydrazine groups is 1. The predicted molar refractivity (Wildman–Crippen MR) is 121 cm³/mol. The summed E-state index contributed by atoms with van der Waals surface area (Å²) >= 11 is 0. The monoisotopic (exact) mass is 424 g/mol. The topological polar surface area (TPSA) is 66.5 Å². The van der Waals surface area contributed by atoms with Crippen LogP contribution in [0.1, 0.15) is 62.3 Å². The van der Waals surface area contributed by atoms with Crippen LogP contribution in [0.5, 0.6) is 0 Å². The van der Waals surface area contributed by atoms with Crippen LogP contribution in [0.3, 0.4) is 0 Å². The van der Waals surface area contributed by atoms with Gasteiger partial charge in [0, 0.05) is 11.6 Å². The van der Waals surface area contributed by atoms with E-state index in [4.69, 9.17) is 0 Å². The van der Waals surface area contributed by atoms with Crippen LogP contribution < -0.4 is 5.43 Å². The molecule has 5 nitrogen and oxygen atoms in total. The number of imide groups is 1. The number of Topliss-reactive ketones (excluding diaryl/α,β-unsaturated/α-hetero) is 1. The van der Waals surface area contributed by atoms with Crippen molar-refractivity contribution in [2.75, 3.05) is 0 Å². The molecule has 0 unspecified atom stereocenters. The first-order chi connectivity index (χ1) is 15.6. The zero-order valence-electron chi connectivity index (χ0n) is 17.7. The first kappa shape index (κ1) is 20.3. The normalized spacial score (nSPS) is 22.6. The summed E-state index contributed by atoms with van der Waals surface area (Å²) < 4.78 is 0. The molecule has 0 radical (unpaired) electrons. The molecule has 0 spiro atoms. The number of fused-ring (bicyclic) bond motifs is 1. The molecule has 5 rings (SSSR count). The van der Waals surface area contributed by atoms with E-state index >= 15 is 0 Å². The van der Waals surface area contributed by atoms with Crippen molar-refractivity contribution in [2.45, 2.75) is 37.1 Å². The number of rotatable bonds is 5. The third kappa shape index (κ3) is 3.17. The third-order valence-corrected chi connectivity index (χ3v) is 6.72. The molecule has 0 bridgehead atoms. The molecule has 160 valence electrons. The summed E-state index contributed by atoms with van der Waals surface area (Å²) in [4.78, 5) is 40.1. The smallest absolute Gasteiger partial charge is 0.276 e. The van der Waals surface area contributed by atoms with Gasteiger partial charge >= 0.3 is 0 Å². The molecular formula is C27H24N2O3. The minimum Gasteiger partial charge on any atom is -0.293 e. The minimum atomic E-state index is -0.879. The minimum absolute atomic E-state index is 0.0121. The van der Waals surface area contributed by atoms with Gasteiger partial charge in [-0.25, -0.2) is 10.4 Å². The Morgan fingerprint density at radius 2 is 1.34 bits per heavy atom. The molecule has 2 atom stereocenters. The van der Waals surface area contributed by atoms with Crippen molar-refractivity contribution < 1.29 is 14.4 Å². The number of nitrogens with one attached hydrogen (secondary N) is 1. The van der Waals surface area contributed by atoms with Crippen LogP contribution in [-0.2, 0) is 5.41 Å².